The summed E-state index contributed by atoms with van der Waals surface area (Å²) in [7, 11) is 3.16. The molecule has 0 spiro atoms. The lowest BCUT2D eigenvalue weighted by molar-refractivity contribution is -0.139. The highest BCUT2D eigenvalue weighted by molar-refractivity contribution is 6.36. The van der Waals surface area contributed by atoms with Gasteiger partial charge in [-0.3, -0.25) is 19.0 Å². The second-order valence-electron chi connectivity index (χ2n) is 10.7. The van der Waals surface area contributed by atoms with Crippen molar-refractivity contribution in [3.05, 3.63) is 69.4 Å². The summed E-state index contributed by atoms with van der Waals surface area (Å²) in [6.45, 7) is 1.37. The minimum Gasteiger partial charge on any atom is -0.481 e. The second-order valence-corrected chi connectivity index (χ2v) is 11.1. The molecule has 5 N–H and O–H groups in total. The molecule has 3 aromatic heterocycles. The van der Waals surface area contributed by atoms with Gasteiger partial charge in [0.05, 0.1) is 36.9 Å². The van der Waals surface area contributed by atoms with Crippen molar-refractivity contribution in [2.45, 2.75) is 44.5 Å². The zero-order chi connectivity index (χ0) is 31.4. The number of halogens is 1. The van der Waals surface area contributed by atoms with E-state index >= 15 is 0 Å². The maximum Gasteiger partial charge on any atom is 0.306 e. The number of hydrogen-bond acceptors (Lipinski definition) is 9. The van der Waals surface area contributed by atoms with E-state index in [9.17, 15) is 19.5 Å². The summed E-state index contributed by atoms with van der Waals surface area (Å²) in [5.74, 6) is -0.144. The average Bonchev–Trinajstić information content (AvgIpc) is 3.61. The Bertz CT molecular complexity index is 1750. The summed E-state index contributed by atoms with van der Waals surface area (Å²) in [5.41, 5.74) is 3.65. The van der Waals surface area contributed by atoms with Crippen molar-refractivity contribution in [3.63, 3.8) is 0 Å². The fourth-order valence-electron chi connectivity index (χ4n) is 5.20. The maximum atomic E-state index is 13.1. The Labute approximate surface area is 257 Å². The summed E-state index contributed by atoms with van der Waals surface area (Å²) in [4.78, 5) is 40.1. The van der Waals surface area contributed by atoms with Crippen molar-refractivity contribution in [1.29, 1.82) is 0 Å². The number of carboxylic acids is 1. The maximum absolute atomic E-state index is 13.1. The van der Waals surface area contributed by atoms with E-state index in [1.807, 2.05) is 30.3 Å². The minimum absolute atomic E-state index is 0.0377. The van der Waals surface area contributed by atoms with Gasteiger partial charge in [0.1, 0.15) is 11.3 Å². The smallest absolute Gasteiger partial charge is 0.306 e. The SMILES string of the molecule is COc1nc(-c2cccc(-c3cc4c(=O)n(C)c(CNC[C@@H](O)CC(=O)O)nn4c3)c2Cl)ccc1CNC[C@@H]1CCC(=O)N1. The molecule has 1 aliphatic rings. The van der Waals surface area contributed by atoms with E-state index < -0.39 is 12.1 Å². The van der Waals surface area contributed by atoms with Crippen LogP contribution in [0.3, 0.4) is 0 Å². The third-order valence-corrected chi connectivity index (χ3v) is 7.92. The quantitative estimate of drug-likeness (QED) is 0.148. The number of hydrogen-bond donors (Lipinski definition) is 5. The zero-order valence-corrected chi connectivity index (χ0v) is 25.1. The Balaban J connectivity index is 1.35. The molecule has 0 radical (unpaired) electrons. The molecule has 0 saturated carbocycles. The fraction of sp³-hybridized carbons (Fsp3) is 0.367. The number of aliphatic carboxylic acids is 1. The standard InChI is InChI=1S/C30H34ClN7O6/c1-37-25(15-33-14-20(39)11-27(41)42)36-38-16-18(10-24(38)30(37)43)21-4-3-5-22(28(21)31)23-8-6-17(29(35-23)44-2)12-32-13-19-7-9-26(40)34-19/h3-6,8,10,16,19-20,32-33,39H,7,9,11-15H2,1-2H3,(H,34,40)(H,41,42)/t19-,20-/m0/s1. The number of aliphatic hydroxyl groups is 1. The van der Waals surface area contributed by atoms with Gasteiger partial charge in [0.25, 0.3) is 5.56 Å². The second kappa shape index (κ2) is 13.6. The van der Waals surface area contributed by atoms with Crippen molar-refractivity contribution >= 4 is 29.0 Å². The van der Waals surface area contributed by atoms with E-state index in [4.69, 9.17) is 26.4 Å². The topological polar surface area (TPSA) is 172 Å². The largest absolute Gasteiger partial charge is 0.481 e. The van der Waals surface area contributed by atoms with Crippen LogP contribution in [0.4, 0.5) is 0 Å². The number of aromatic nitrogens is 4. The van der Waals surface area contributed by atoms with Gasteiger partial charge >= 0.3 is 5.97 Å². The summed E-state index contributed by atoms with van der Waals surface area (Å²) in [5, 5.41) is 32.9. The van der Waals surface area contributed by atoms with Crippen molar-refractivity contribution in [1.82, 2.24) is 35.1 Å². The number of carbonyl (C=O) groups is 2. The number of pyridine rings is 1. The summed E-state index contributed by atoms with van der Waals surface area (Å²) in [6.07, 6.45) is 1.65. The molecule has 14 heteroatoms. The lowest BCUT2D eigenvalue weighted by atomic mass is 10.0. The van der Waals surface area contributed by atoms with Gasteiger partial charge in [-0.1, -0.05) is 35.9 Å². The fourth-order valence-corrected chi connectivity index (χ4v) is 5.53. The van der Waals surface area contributed by atoms with Crippen LogP contribution in [-0.4, -0.2) is 73.6 Å². The number of benzene rings is 1. The number of amides is 1. The van der Waals surface area contributed by atoms with E-state index in [1.54, 1.807) is 26.4 Å². The van der Waals surface area contributed by atoms with Crippen LogP contribution in [0.15, 0.2) is 47.4 Å². The number of nitrogens with zero attached hydrogens (tertiary/aromatic N) is 4. The normalized spacial score (nSPS) is 15.5. The van der Waals surface area contributed by atoms with Gasteiger partial charge in [0, 0.05) is 67.6 Å². The molecule has 1 fully saturated rings. The van der Waals surface area contributed by atoms with Gasteiger partial charge in [-0.25, -0.2) is 9.50 Å². The van der Waals surface area contributed by atoms with Crippen LogP contribution in [0.1, 0.15) is 30.7 Å². The summed E-state index contributed by atoms with van der Waals surface area (Å²) in [6, 6.07) is 11.2. The van der Waals surface area contributed by atoms with Crippen molar-refractivity contribution in [3.8, 4) is 28.3 Å². The molecular formula is C30H34ClN7O6. The number of nitrogens with one attached hydrogen (secondary N) is 3. The predicted molar refractivity (Wildman–Crippen MR) is 163 cm³/mol. The van der Waals surface area contributed by atoms with E-state index in [2.05, 4.69) is 21.0 Å². The first-order valence-corrected chi connectivity index (χ1v) is 14.5. The first-order valence-electron chi connectivity index (χ1n) is 14.2. The molecule has 0 bridgehead atoms. The van der Waals surface area contributed by atoms with Crippen LogP contribution in [-0.2, 0) is 29.7 Å². The third kappa shape index (κ3) is 6.91. The van der Waals surface area contributed by atoms with Crippen LogP contribution in [0.25, 0.3) is 27.9 Å². The minimum atomic E-state index is -1.10. The van der Waals surface area contributed by atoms with Crippen molar-refractivity contribution < 1.29 is 24.5 Å². The average molecular weight is 624 g/mol. The molecule has 0 unspecified atom stereocenters. The Kier molecular flexibility index (Phi) is 9.59. The first kappa shape index (κ1) is 31.1. The molecule has 232 valence electrons. The molecular weight excluding hydrogens is 590 g/mol. The van der Waals surface area contributed by atoms with Gasteiger partial charge in [0.2, 0.25) is 11.8 Å². The van der Waals surface area contributed by atoms with Crippen molar-refractivity contribution in [2.24, 2.45) is 7.05 Å². The van der Waals surface area contributed by atoms with E-state index in [0.717, 1.165) is 12.0 Å². The number of fused-ring (bicyclic) bond motifs is 1. The third-order valence-electron chi connectivity index (χ3n) is 7.52. The Morgan fingerprint density at radius 2 is 2.00 bits per heavy atom. The van der Waals surface area contributed by atoms with Crippen molar-refractivity contribution in [2.75, 3.05) is 20.2 Å². The van der Waals surface area contributed by atoms with Crippen LogP contribution in [0.5, 0.6) is 5.88 Å². The molecule has 1 amide bonds. The molecule has 1 aromatic carbocycles. The molecule has 0 aliphatic carbocycles. The monoisotopic (exact) mass is 623 g/mol. The number of carboxylic acid groups (broad SMARTS) is 1. The van der Waals surface area contributed by atoms with Gasteiger partial charge in [-0.05, 0) is 18.6 Å². The highest BCUT2D eigenvalue weighted by Crippen LogP contribution is 2.37. The number of aliphatic hydroxyl groups excluding tert-OH is 1. The number of rotatable bonds is 13. The lowest BCUT2D eigenvalue weighted by Gasteiger charge is -2.14. The Morgan fingerprint density at radius 1 is 1.20 bits per heavy atom. The van der Waals surface area contributed by atoms with E-state index in [0.29, 0.717) is 64.1 Å². The van der Waals surface area contributed by atoms with E-state index in [-0.39, 0.29) is 37.0 Å². The molecule has 1 saturated heterocycles. The molecule has 1 aliphatic heterocycles. The molecule has 2 atom stereocenters. The molecule has 4 aromatic rings. The predicted octanol–water partition coefficient (Wildman–Crippen LogP) is 1.72. The van der Waals surface area contributed by atoms with Gasteiger partial charge in [-0.2, -0.15) is 5.10 Å². The summed E-state index contributed by atoms with van der Waals surface area (Å²) >= 11 is 6.93. The molecule has 13 nitrogen and oxygen atoms in total. The summed E-state index contributed by atoms with van der Waals surface area (Å²) < 4.78 is 8.48. The van der Waals surface area contributed by atoms with Crippen LogP contribution < -0.4 is 26.2 Å². The molecule has 44 heavy (non-hydrogen) atoms. The number of carbonyl (C=O) groups excluding carboxylic acids is 1. The Hall–Kier alpha value is -4.30. The van der Waals surface area contributed by atoms with E-state index in [1.165, 1.54) is 9.08 Å². The number of methoxy groups -OCH3 is 1. The highest BCUT2D eigenvalue weighted by Gasteiger charge is 2.21. The highest BCUT2D eigenvalue weighted by atomic mass is 35.5. The number of ether oxygens (including phenoxy) is 1. The lowest BCUT2D eigenvalue weighted by Crippen LogP contribution is -2.35. The van der Waals surface area contributed by atoms with Crippen LogP contribution in [0.2, 0.25) is 5.02 Å². The van der Waals surface area contributed by atoms with Crippen LogP contribution >= 0.6 is 11.6 Å². The molecule has 5 rings (SSSR count). The Morgan fingerprint density at radius 3 is 2.73 bits per heavy atom. The zero-order valence-electron chi connectivity index (χ0n) is 24.3. The first-order chi connectivity index (χ1) is 21.1. The van der Waals surface area contributed by atoms with Gasteiger partial charge < -0.3 is 30.9 Å². The molecule has 4 heterocycles. The van der Waals surface area contributed by atoms with Crippen LogP contribution in [0, 0.1) is 0 Å². The van der Waals surface area contributed by atoms with Gasteiger partial charge in [0.15, 0.2) is 0 Å². The van der Waals surface area contributed by atoms with Gasteiger partial charge in [-0.15, -0.1) is 0 Å².